The Labute approximate surface area is 168 Å². The summed E-state index contributed by atoms with van der Waals surface area (Å²) in [6.07, 6.45) is 0. The van der Waals surface area contributed by atoms with Crippen LogP contribution >= 0.6 is 34.2 Å². The van der Waals surface area contributed by atoms with E-state index in [0.29, 0.717) is 22.0 Å². The first kappa shape index (κ1) is 18.5. The second-order valence-corrected chi connectivity index (χ2v) is 6.82. The lowest BCUT2D eigenvalue weighted by atomic mass is 10.2. The largest absolute Gasteiger partial charge is 0.450 e. The minimum atomic E-state index is -0.721. The van der Waals surface area contributed by atoms with Gasteiger partial charge in [-0.15, -0.1) is 0 Å². The molecule has 0 unspecified atom stereocenters. The van der Waals surface area contributed by atoms with Crippen LogP contribution in [0.3, 0.4) is 0 Å². The Morgan fingerprint density at radius 3 is 2.54 bits per heavy atom. The van der Waals surface area contributed by atoms with Crippen molar-refractivity contribution in [2.75, 3.05) is 11.9 Å². The second kappa shape index (κ2) is 8.37. The minimum absolute atomic E-state index is 0.00186. The number of para-hydroxylation sites is 1. The van der Waals surface area contributed by atoms with Crippen LogP contribution in [0.4, 0.5) is 5.69 Å². The van der Waals surface area contributed by atoms with Gasteiger partial charge in [-0.25, -0.2) is 4.79 Å². The van der Waals surface area contributed by atoms with Gasteiger partial charge < -0.3 is 14.5 Å². The summed E-state index contributed by atoms with van der Waals surface area (Å²) in [5.41, 5.74) is 1.33. The average Bonchev–Trinajstić information content (AvgIpc) is 3.12. The van der Waals surface area contributed by atoms with E-state index in [2.05, 4.69) is 27.9 Å². The molecule has 0 aliphatic rings. The topological polar surface area (TPSA) is 68.5 Å². The van der Waals surface area contributed by atoms with Crippen LogP contribution in [0.15, 0.2) is 65.1 Å². The number of rotatable bonds is 5. The number of carbonyl (C=O) groups excluding carboxylic acids is 2. The van der Waals surface area contributed by atoms with E-state index in [1.165, 1.54) is 6.07 Å². The highest BCUT2D eigenvalue weighted by atomic mass is 127. The number of amides is 1. The molecular formula is C19H13ClINO4. The summed E-state index contributed by atoms with van der Waals surface area (Å²) in [6.45, 7) is -0.411. The van der Waals surface area contributed by atoms with Crippen LogP contribution in [0.25, 0.3) is 11.3 Å². The molecule has 7 heteroatoms. The zero-order valence-electron chi connectivity index (χ0n) is 13.4. The van der Waals surface area contributed by atoms with Gasteiger partial charge in [0, 0.05) is 9.13 Å². The molecule has 5 nitrogen and oxygen atoms in total. The molecule has 0 aliphatic carbocycles. The number of esters is 1. The second-order valence-electron chi connectivity index (χ2n) is 5.25. The zero-order valence-corrected chi connectivity index (χ0v) is 16.3. The van der Waals surface area contributed by atoms with E-state index in [1.807, 2.05) is 24.3 Å². The highest BCUT2D eigenvalue weighted by Gasteiger charge is 2.16. The minimum Gasteiger partial charge on any atom is -0.450 e. The molecule has 26 heavy (non-hydrogen) atoms. The number of benzene rings is 2. The third kappa shape index (κ3) is 4.44. The van der Waals surface area contributed by atoms with Crippen LogP contribution < -0.4 is 5.32 Å². The van der Waals surface area contributed by atoms with Gasteiger partial charge in [-0.05, 0) is 59.0 Å². The van der Waals surface area contributed by atoms with Crippen molar-refractivity contribution in [2.45, 2.75) is 0 Å². The number of hydrogen-bond donors (Lipinski definition) is 1. The van der Waals surface area contributed by atoms with Gasteiger partial charge in [0.05, 0.1) is 10.7 Å². The summed E-state index contributed by atoms with van der Waals surface area (Å²) in [6, 6.07) is 17.5. The third-order valence-electron chi connectivity index (χ3n) is 3.43. The fourth-order valence-corrected chi connectivity index (χ4v) is 2.96. The van der Waals surface area contributed by atoms with Crippen molar-refractivity contribution < 1.29 is 18.7 Å². The predicted molar refractivity (Wildman–Crippen MR) is 107 cm³/mol. The summed E-state index contributed by atoms with van der Waals surface area (Å²) in [7, 11) is 0. The van der Waals surface area contributed by atoms with E-state index in [0.717, 1.165) is 3.57 Å². The molecule has 132 valence electrons. The molecule has 1 heterocycles. The Kier molecular flexibility index (Phi) is 5.95. The number of furan rings is 1. The Morgan fingerprint density at radius 1 is 1.04 bits per heavy atom. The lowest BCUT2D eigenvalue weighted by molar-refractivity contribution is -0.119. The smallest absolute Gasteiger partial charge is 0.374 e. The molecule has 2 aromatic carbocycles. The van der Waals surface area contributed by atoms with Crippen LogP contribution in [0.5, 0.6) is 0 Å². The van der Waals surface area contributed by atoms with Crippen LogP contribution in [0, 0.1) is 3.57 Å². The summed E-state index contributed by atoms with van der Waals surface area (Å²) >= 11 is 8.22. The monoisotopic (exact) mass is 481 g/mol. The van der Waals surface area contributed by atoms with Crippen LogP contribution in [-0.4, -0.2) is 18.5 Å². The van der Waals surface area contributed by atoms with Crippen molar-refractivity contribution in [3.63, 3.8) is 0 Å². The lowest BCUT2D eigenvalue weighted by Crippen LogP contribution is -2.21. The highest BCUT2D eigenvalue weighted by molar-refractivity contribution is 14.1. The van der Waals surface area contributed by atoms with E-state index >= 15 is 0 Å². The molecule has 0 saturated carbocycles. The van der Waals surface area contributed by atoms with Gasteiger partial charge in [0.15, 0.2) is 6.61 Å². The van der Waals surface area contributed by atoms with E-state index in [-0.39, 0.29) is 5.76 Å². The van der Waals surface area contributed by atoms with Crippen molar-refractivity contribution in [1.82, 2.24) is 0 Å². The van der Waals surface area contributed by atoms with Crippen LogP contribution in [-0.2, 0) is 9.53 Å². The van der Waals surface area contributed by atoms with Gasteiger partial charge in [0.2, 0.25) is 5.76 Å². The van der Waals surface area contributed by atoms with Gasteiger partial charge in [-0.3, -0.25) is 4.79 Å². The Balaban J connectivity index is 1.60. The maximum absolute atomic E-state index is 12.1. The Bertz CT molecular complexity index is 954. The summed E-state index contributed by atoms with van der Waals surface area (Å²) < 4.78 is 11.4. The van der Waals surface area contributed by atoms with E-state index in [9.17, 15) is 9.59 Å². The third-order valence-corrected chi connectivity index (χ3v) is 4.70. The maximum atomic E-state index is 12.1. The fourth-order valence-electron chi connectivity index (χ4n) is 2.20. The number of nitrogens with one attached hydrogen (secondary N) is 1. The Morgan fingerprint density at radius 2 is 1.77 bits per heavy atom. The first-order chi connectivity index (χ1) is 12.5. The van der Waals surface area contributed by atoms with Gasteiger partial charge in [-0.1, -0.05) is 35.9 Å². The Hall–Kier alpha value is -2.32. The maximum Gasteiger partial charge on any atom is 0.374 e. The van der Waals surface area contributed by atoms with Crippen molar-refractivity contribution in [2.24, 2.45) is 0 Å². The number of ether oxygens (including phenoxy) is 1. The number of anilines is 1. The first-order valence-corrected chi connectivity index (χ1v) is 9.06. The predicted octanol–water partition coefficient (Wildman–Crippen LogP) is 5.00. The summed E-state index contributed by atoms with van der Waals surface area (Å²) in [4.78, 5) is 24.0. The first-order valence-electron chi connectivity index (χ1n) is 7.61. The molecule has 3 aromatic rings. The molecule has 0 atom stereocenters. The standard InChI is InChI=1S/C19H13ClINO4/c20-13-6-2-1-5-12(13)16-9-10-17(26-16)19(24)25-11-18(23)22-15-8-4-3-7-14(15)21/h1-10H,11H2,(H,22,23). The average molecular weight is 482 g/mol. The molecule has 0 aliphatic heterocycles. The van der Waals surface area contributed by atoms with Crippen molar-refractivity contribution in [1.29, 1.82) is 0 Å². The molecule has 1 N–H and O–H groups in total. The van der Waals surface area contributed by atoms with Gasteiger partial charge in [0.1, 0.15) is 5.76 Å². The molecule has 0 fully saturated rings. The SMILES string of the molecule is O=C(COC(=O)c1ccc(-c2ccccc2Cl)o1)Nc1ccccc1I. The molecule has 0 bridgehead atoms. The molecule has 0 spiro atoms. The fraction of sp³-hybridized carbons (Fsp3) is 0.0526. The van der Waals surface area contributed by atoms with E-state index in [1.54, 1.807) is 30.3 Å². The molecule has 1 amide bonds. The lowest BCUT2D eigenvalue weighted by Gasteiger charge is -2.07. The van der Waals surface area contributed by atoms with Crippen molar-refractivity contribution >= 4 is 51.8 Å². The quantitative estimate of drug-likeness (QED) is 0.411. The zero-order chi connectivity index (χ0) is 18.5. The van der Waals surface area contributed by atoms with Crippen molar-refractivity contribution in [3.05, 3.63) is 75.0 Å². The molecule has 1 aromatic heterocycles. The van der Waals surface area contributed by atoms with Crippen LogP contribution in [0.2, 0.25) is 5.02 Å². The highest BCUT2D eigenvalue weighted by Crippen LogP contribution is 2.29. The molecule has 0 saturated heterocycles. The van der Waals surface area contributed by atoms with Crippen molar-refractivity contribution in [3.8, 4) is 11.3 Å². The summed E-state index contributed by atoms with van der Waals surface area (Å²) in [5.74, 6) is -0.700. The molecule has 0 radical (unpaired) electrons. The number of hydrogen-bond acceptors (Lipinski definition) is 4. The molecule has 3 rings (SSSR count). The van der Waals surface area contributed by atoms with Gasteiger partial charge in [0.25, 0.3) is 5.91 Å². The number of carbonyl (C=O) groups is 2. The van der Waals surface area contributed by atoms with E-state index in [4.69, 9.17) is 20.8 Å². The van der Waals surface area contributed by atoms with Gasteiger partial charge in [-0.2, -0.15) is 0 Å². The van der Waals surface area contributed by atoms with Crippen LogP contribution in [0.1, 0.15) is 10.6 Å². The summed E-state index contributed by atoms with van der Waals surface area (Å²) in [5, 5.41) is 3.20. The number of halogens is 2. The van der Waals surface area contributed by atoms with E-state index < -0.39 is 18.5 Å². The van der Waals surface area contributed by atoms with Gasteiger partial charge >= 0.3 is 5.97 Å². The molecular weight excluding hydrogens is 469 g/mol. The normalized spacial score (nSPS) is 10.4.